The van der Waals surface area contributed by atoms with E-state index in [9.17, 15) is 4.79 Å². The zero-order valence-electron chi connectivity index (χ0n) is 11.1. The number of allylic oxidation sites excluding steroid dienone is 4. The van der Waals surface area contributed by atoms with Crippen LogP contribution in [0.3, 0.4) is 0 Å². The number of hydrogen-bond acceptors (Lipinski definition) is 1. The molecule has 1 aliphatic carbocycles. The van der Waals surface area contributed by atoms with Crippen molar-refractivity contribution in [3.63, 3.8) is 0 Å². The summed E-state index contributed by atoms with van der Waals surface area (Å²) in [6.45, 7) is 8.69. The van der Waals surface area contributed by atoms with E-state index in [0.717, 1.165) is 30.8 Å². The SMILES string of the molecule is CCC(C)CCC=C(C)C1=C(C)CCC1=O. The maximum absolute atomic E-state index is 11.7. The van der Waals surface area contributed by atoms with Crippen LogP contribution in [0.25, 0.3) is 0 Å². The van der Waals surface area contributed by atoms with Gasteiger partial charge in [-0.1, -0.05) is 31.9 Å². The van der Waals surface area contributed by atoms with Crippen molar-refractivity contribution in [1.82, 2.24) is 0 Å². The Bertz CT molecular complexity index is 320. The summed E-state index contributed by atoms with van der Waals surface area (Å²) in [5.41, 5.74) is 3.50. The van der Waals surface area contributed by atoms with Gasteiger partial charge in [0.15, 0.2) is 5.78 Å². The van der Waals surface area contributed by atoms with Gasteiger partial charge in [-0.15, -0.1) is 0 Å². The number of hydrogen-bond donors (Lipinski definition) is 0. The predicted molar refractivity (Wildman–Crippen MR) is 69.4 cm³/mol. The lowest BCUT2D eigenvalue weighted by atomic mass is 9.98. The van der Waals surface area contributed by atoms with Crippen LogP contribution in [0, 0.1) is 5.92 Å². The van der Waals surface area contributed by atoms with Crippen LogP contribution in [0.1, 0.15) is 59.8 Å². The van der Waals surface area contributed by atoms with Gasteiger partial charge in [0.25, 0.3) is 0 Å². The Hall–Kier alpha value is -0.850. The van der Waals surface area contributed by atoms with E-state index in [0.29, 0.717) is 5.78 Å². The molecular formula is C15H24O. The van der Waals surface area contributed by atoms with Crippen molar-refractivity contribution in [2.24, 2.45) is 5.92 Å². The van der Waals surface area contributed by atoms with Crippen molar-refractivity contribution in [3.8, 4) is 0 Å². The molecule has 1 heteroatoms. The van der Waals surface area contributed by atoms with Crippen LogP contribution in [0.4, 0.5) is 0 Å². The van der Waals surface area contributed by atoms with Crippen LogP contribution in [-0.2, 0) is 4.79 Å². The molecule has 1 unspecified atom stereocenters. The topological polar surface area (TPSA) is 17.1 Å². The van der Waals surface area contributed by atoms with Crippen LogP contribution in [0.2, 0.25) is 0 Å². The zero-order valence-corrected chi connectivity index (χ0v) is 11.1. The van der Waals surface area contributed by atoms with Crippen LogP contribution < -0.4 is 0 Å². The van der Waals surface area contributed by atoms with Crippen molar-refractivity contribution in [3.05, 3.63) is 22.8 Å². The smallest absolute Gasteiger partial charge is 0.163 e. The lowest BCUT2D eigenvalue weighted by molar-refractivity contribution is -0.114. The van der Waals surface area contributed by atoms with Gasteiger partial charge < -0.3 is 0 Å². The summed E-state index contributed by atoms with van der Waals surface area (Å²) in [6.07, 6.45) is 7.50. The van der Waals surface area contributed by atoms with Crippen molar-refractivity contribution < 1.29 is 4.79 Å². The van der Waals surface area contributed by atoms with E-state index in [2.05, 4.69) is 33.8 Å². The molecule has 0 aromatic carbocycles. The fourth-order valence-corrected chi connectivity index (χ4v) is 2.24. The molecule has 1 atom stereocenters. The number of ketones is 1. The zero-order chi connectivity index (χ0) is 12.1. The minimum atomic E-state index is 0.342. The van der Waals surface area contributed by atoms with Gasteiger partial charge in [-0.3, -0.25) is 4.79 Å². The van der Waals surface area contributed by atoms with E-state index < -0.39 is 0 Å². The Morgan fingerprint density at radius 3 is 2.62 bits per heavy atom. The van der Waals surface area contributed by atoms with Crippen molar-refractivity contribution in [1.29, 1.82) is 0 Å². The van der Waals surface area contributed by atoms with Crippen LogP contribution in [0.15, 0.2) is 22.8 Å². The maximum atomic E-state index is 11.7. The maximum Gasteiger partial charge on any atom is 0.163 e. The Morgan fingerprint density at radius 2 is 2.12 bits per heavy atom. The molecule has 0 aromatic heterocycles. The second-order valence-corrected chi connectivity index (χ2v) is 5.06. The quantitative estimate of drug-likeness (QED) is 0.669. The van der Waals surface area contributed by atoms with E-state index in [1.807, 2.05) is 0 Å². The summed E-state index contributed by atoms with van der Waals surface area (Å²) in [7, 11) is 0. The van der Waals surface area contributed by atoms with Gasteiger partial charge in [-0.25, -0.2) is 0 Å². The molecule has 90 valence electrons. The molecule has 0 spiro atoms. The summed E-state index contributed by atoms with van der Waals surface area (Å²) in [5, 5.41) is 0. The molecule has 0 radical (unpaired) electrons. The third-order valence-corrected chi connectivity index (χ3v) is 3.63. The third kappa shape index (κ3) is 3.33. The minimum Gasteiger partial charge on any atom is -0.294 e. The lowest BCUT2D eigenvalue weighted by Gasteiger charge is -2.07. The lowest BCUT2D eigenvalue weighted by Crippen LogP contribution is -1.98. The first kappa shape index (κ1) is 13.2. The largest absolute Gasteiger partial charge is 0.294 e. The van der Waals surface area contributed by atoms with Gasteiger partial charge in [0, 0.05) is 12.0 Å². The standard InChI is InChI=1S/C15H24O/c1-5-11(2)7-6-8-12(3)15-13(4)9-10-14(15)16/h8,11H,5-7,9-10H2,1-4H3. The highest BCUT2D eigenvalue weighted by Crippen LogP contribution is 2.28. The van der Waals surface area contributed by atoms with E-state index in [1.54, 1.807) is 0 Å². The van der Waals surface area contributed by atoms with E-state index >= 15 is 0 Å². The molecule has 0 saturated heterocycles. The van der Waals surface area contributed by atoms with Crippen LogP contribution in [0.5, 0.6) is 0 Å². The average molecular weight is 220 g/mol. The first-order valence-corrected chi connectivity index (χ1v) is 6.46. The summed E-state index contributed by atoms with van der Waals surface area (Å²) >= 11 is 0. The normalized spacial score (nSPS) is 19.5. The molecule has 0 saturated carbocycles. The molecule has 0 aromatic rings. The van der Waals surface area contributed by atoms with Crippen molar-refractivity contribution in [2.75, 3.05) is 0 Å². The molecule has 16 heavy (non-hydrogen) atoms. The first-order chi connectivity index (χ1) is 7.56. The molecular weight excluding hydrogens is 196 g/mol. The van der Waals surface area contributed by atoms with Gasteiger partial charge in [0.2, 0.25) is 0 Å². The summed E-state index contributed by atoms with van der Waals surface area (Å²) in [5.74, 6) is 1.13. The Balaban J connectivity index is 2.57. The van der Waals surface area contributed by atoms with Gasteiger partial charge in [-0.2, -0.15) is 0 Å². The number of rotatable bonds is 5. The summed E-state index contributed by atoms with van der Waals surface area (Å²) in [6, 6.07) is 0. The highest BCUT2D eigenvalue weighted by atomic mass is 16.1. The monoisotopic (exact) mass is 220 g/mol. The predicted octanol–water partition coefficient (Wildman–Crippen LogP) is 4.44. The summed E-state index contributed by atoms with van der Waals surface area (Å²) in [4.78, 5) is 11.7. The molecule has 0 fully saturated rings. The minimum absolute atomic E-state index is 0.342. The Kier molecular flexibility index (Phi) is 4.98. The van der Waals surface area contributed by atoms with Gasteiger partial charge in [0.1, 0.15) is 0 Å². The van der Waals surface area contributed by atoms with Crippen molar-refractivity contribution in [2.45, 2.75) is 59.8 Å². The second-order valence-electron chi connectivity index (χ2n) is 5.06. The molecule has 1 rings (SSSR count). The van der Waals surface area contributed by atoms with Gasteiger partial charge in [0.05, 0.1) is 0 Å². The second kappa shape index (κ2) is 6.03. The van der Waals surface area contributed by atoms with E-state index in [1.165, 1.54) is 24.0 Å². The molecule has 0 heterocycles. The third-order valence-electron chi connectivity index (χ3n) is 3.63. The fraction of sp³-hybridized carbons (Fsp3) is 0.667. The molecule has 1 nitrogen and oxygen atoms in total. The molecule has 0 bridgehead atoms. The van der Waals surface area contributed by atoms with Crippen LogP contribution >= 0.6 is 0 Å². The number of carbonyl (C=O) groups excluding carboxylic acids is 1. The molecule has 0 N–H and O–H groups in total. The molecule has 1 aliphatic rings. The van der Waals surface area contributed by atoms with Crippen molar-refractivity contribution >= 4 is 5.78 Å². The van der Waals surface area contributed by atoms with E-state index in [-0.39, 0.29) is 0 Å². The van der Waals surface area contributed by atoms with Crippen LogP contribution in [-0.4, -0.2) is 5.78 Å². The van der Waals surface area contributed by atoms with Gasteiger partial charge >= 0.3 is 0 Å². The Labute approximate surface area is 99.6 Å². The average Bonchev–Trinajstić information content (AvgIpc) is 2.58. The summed E-state index contributed by atoms with van der Waals surface area (Å²) < 4.78 is 0. The molecule has 0 aliphatic heterocycles. The first-order valence-electron chi connectivity index (χ1n) is 6.46. The molecule has 0 amide bonds. The van der Waals surface area contributed by atoms with E-state index in [4.69, 9.17) is 0 Å². The number of Topliss-reactive ketones (excluding diaryl/α,β-unsaturated/α-hetero) is 1. The Morgan fingerprint density at radius 1 is 1.44 bits per heavy atom. The fourth-order valence-electron chi connectivity index (χ4n) is 2.24. The number of carbonyl (C=O) groups is 1. The highest BCUT2D eigenvalue weighted by Gasteiger charge is 2.20. The highest BCUT2D eigenvalue weighted by molar-refractivity contribution is 6.02. The van der Waals surface area contributed by atoms with Gasteiger partial charge in [-0.05, 0) is 44.6 Å².